The molecular formula is C12H24N4O. The normalized spacial score (nSPS) is 33.2. The van der Waals surface area contributed by atoms with Crippen LogP contribution in [0.5, 0.6) is 0 Å². The van der Waals surface area contributed by atoms with Gasteiger partial charge in [0.25, 0.3) is 0 Å². The van der Waals surface area contributed by atoms with Crippen molar-refractivity contribution in [2.45, 2.75) is 31.3 Å². The molecule has 2 fully saturated rings. The van der Waals surface area contributed by atoms with Crippen LogP contribution in [0, 0.1) is 0 Å². The van der Waals surface area contributed by atoms with Gasteiger partial charge in [0.1, 0.15) is 0 Å². The zero-order chi connectivity index (χ0) is 12.3. The first kappa shape index (κ1) is 12.8. The molecule has 2 rings (SSSR count). The fraction of sp³-hybridized carbons (Fsp3) is 0.917. The first-order valence-corrected chi connectivity index (χ1v) is 6.61. The van der Waals surface area contributed by atoms with E-state index in [1.807, 2.05) is 0 Å². The number of carbonyl (C=O) groups is 1. The van der Waals surface area contributed by atoms with Crippen molar-refractivity contribution in [1.29, 1.82) is 0 Å². The molecule has 0 saturated carbocycles. The predicted molar refractivity (Wildman–Crippen MR) is 67.7 cm³/mol. The largest absolute Gasteiger partial charge is 0.356 e. The Morgan fingerprint density at radius 3 is 3.06 bits per heavy atom. The third-order valence-electron chi connectivity index (χ3n) is 3.93. The fourth-order valence-electron chi connectivity index (χ4n) is 2.95. The first-order chi connectivity index (χ1) is 8.20. The topological polar surface area (TPSA) is 61.6 Å². The number of likely N-dealkylation sites (N-methyl/N-ethyl adjacent to an activating group) is 1. The van der Waals surface area contributed by atoms with Gasteiger partial charge in [-0.25, -0.2) is 0 Å². The van der Waals surface area contributed by atoms with Crippen molar-refractivity contribution in [2.75, 3.05) is 39.8 Å². The van der Waals surface area contributed by atoms with Crippen molar-refractivity contribution in [3.05, 3.63) is 0 Å². The monoisotopic (exact) mass is 240 g/mol. The summed E-state index contributed by atoms with van der Waals surface area (Å²) in [5.41, 5.74) is 5.87. The molecule has 2 unspecified atom stereocenters. The van der Waals surface area contributed by atoms with Crippen LogP contribution in [0.3, 0.4) is 0 Å². The molecule has 0 aliphatic carbocycles. The Hall–Kier alpha value is -0.650. The van der Waals surface area contributed by atoms with Gasteiger partial charge in [0.05, 0.1) is 0 Å². The highest BCUT2D eigenvalue weighted by molar-refractivity contribution is 5.76. The van der Waals surface area contributed by atoms with E-state index in [2.05, 4.69) is 22.2 Å². The first-order valence-electron chi connectivity index (χ1n) is 6.61. The van der Waals surface area contributed by atoms with Crippen LogP contribution in [-0.4, -0.2) is 67.6 Å². The number of rotatable bonds is 2. The number of nitrogens with one attached hydrogen (secondary N) is 1. The molecule has 1 amide bonds. The summed E-state index contributed by atoms with van der Waals surface area (Å²) in [4.78, 5) is 16.4. The Labute approximate surface area is 103 Å². The minimum Gasteiger partial charge on any atom is -0.356 e. The number of carbonyl (C=O) groups excluding carboxylic acids is 1. The Balaban J connectivity index is 2.00. The van der Waals surface area contributed by atoms with Gasteiger partial charge in [-0.15, -0.1) is 0 Å². The third kappa shape index (κ3) is 3.18. The molecule has 98 valence electrons. The standard InChI is InChI=1S/C12H24N4O/c1-15-5-6-16(11(8-13)9-15)10-3-2-4-14-12(17)7-10/h10-11H,2-9,13H2,1H3,(H,14,17). The van der Waals surface area contributed by atoms with Gasteiger partial charge in [0.2, 0.25) is 5.91 Å². The van der Waals surface area contributed by atoms with Crippen molar-refractivity contribution in [3.63, 3.8) is 0 Å². The summed E-state index contributed by atoms with van der Waals surface area (Å²) in [5, 5.41) is 2.95. The molecule has 0 aromatic rings. The van der Waals surface area contributed by atoms with Crippen molar-refractivity contribution >= 4 is 5.91 Å². The van der Waals surface area contributed by atoms with Crippen LogP contribution in [-0.2, 0) is 4.79 Å². The lowest BCUT2D eigenvalue weighted by atomic mass is 10.0. The van der Waals surface area contributed by atoms with E-state index in [-0.39, 0.29) is 5.91 Å². The van der Waals surface area contributed by atoms with Gasteiger partial charge in [0.15, 0.2) is 0 Å². The van der Waals surface area contributed by atoms with E-state index in [1.165, 1.54) is 0 Å². The van der Waals surface area contributed by atoms with Gasteiger partial charge >= 0.3 is 0 Å². The van der Waals surface area contributed by atoms with Crippen molar-refractivity contribution in [3.8, 4) is 0 Å². The Morgan fingerprint density at radius 1 is 1.47 bits per heavy atom. The zero-order valence-electron chi connectivity index (χ0n) is 10.7. The highest BCUT2D eigenvalue weighted by Crippen LogP contribution is 2.19. The molecule has 17 heavy (non-hydrogen) atoms. The van der Waals surface area contributed by atoms with E-state index in [4.69, 9.17) is 5.73 Å². The van der Waals surface area contributed by atoms with Gasteiger partial charge in [-0.1, -0.05) is 0 Å². The quantitative estimate of drug-likeness (QED) is 0.665. The van der Waals surface area contributed by atoms with Gasteiger partial charge in [-0.2, -0.15) is 0 Å². The molecule has 5 heteroatoms. The van der Waals surface area contributed by atoms with Gasteiger partial charge in [-0.3, -0.25) is 9.69 Å². The van der Waals surface area contributed by atoms with Gasteiger partial charge in [0, 0.05) is 51.2 Å². The fourth-order valence-corrected chi connectivity index (χ4v) is 2.95. The molecule has 2 aliphatic rings. The van der Waals surface area contributed by atoms with Crippen LogP contribution in [0.4, 0.5) is 0 Å². The molecule has 5 nitrogen and oxygen atoms in total. The molecule has 0 aromatic carbocycles. The smallest absolute Gasteiger partial charge is 0.221 e. The number of nitrogens with two attached hydrogens (primary N) is 1. The molecule has 2 atom stereocenters. The molecule has 0 bridgehead atoms. The molecule has 0 spiro atoms. The van der Waals surface area contributed by atoms with Crippen LogP contribution in [0.1, 0.15) is 19.3 Å². The number of piperazine rings is 1. The minimum absolute atomic E-state index is 0.196. The highest BCUT2D eigenvalue weighted by atomic mass is 16.1. The van der Waals surface area contributed by atoms with Crippen LogP contribution in [0.15, 0.2) is 0 Å². The van der Waals surface area contributed by atoms with Crippen LogP contribution in [0.25, 0.3) is 0 Å². The maximum absolute atomic E-state index is 11.6. The zero-order valence-corrected chi connectivity index (χ0v) is 10.7. The molecule has 2 heterocycles. The molecule has 2 saturated heterocycles. The van der Waals surface area contributed by atoms with Crippen molar-refractivity contribution in [2.24, 2.45) is 5.73 Å². The van der Waals surface area contributed by atoms with E-state index in [9.17, 15) is 4.79 Å². The van der Waals surface area contributed by atoms with Crippen molar-refractivity contribution < 1.29 is 4.79 Å². The number of nitrogens with zero attached hydrogens (tertiary/aromatic N) is 2. The summed E-state index contributed by atoms with van der Waals surface area (Å²) in [6, 6.07) is 0.796. The summed E-state index contributed by atoms with van der Waals surface area (Å²) in [5.74, 6) is 0.196. The minimum atomic E-state index is 0.196. The predicted octanol–water partition coefficient (Wildman–Crippen LogP) is -0.770. The molecule has 2 aliphatic heterocycles. The van der Waals surface area contributed by atoms with Gasteiger partial charge < -0.3 is 16.0 Å². The van der Waals surface area contributed by atoms with E-state index in [1.54, 1.807) is 0 Å². The Kier molecular flexibility index (Phi) is 4.36. The highest BCUT2D eigenvalue weighted by Gasteiger charge is 2.31. The van der Waals surface area contributed by atoms with Crippen LogP contribution < -0.4 is 11.1 Å². The van der Waals surface area contributed by atoms with Crippen LogP contribution in [0.2, 0.25) is 0 Å². The molecular weight excluding hydrogens is 216 g/mol. The average molecular weight is 240 g/mol. The lowest BCUT2D eigenvalue weighted by Crippen LogP contribution is -2.58. The molecule has 3 N–H and O–H groups in total. The number of hydrogen-bond donors (Lipinski definition) is 2. The second-order valence-electron chi connectivity index (χ2n) is 5.24. The number of amides is 1. The second-order valence-corrected chi connectivity index (χ2v) is 5.24. The van der Waals surface area contributed by atoms with E-state index in [0.717, 1.165) is 39.0 Å². The van der Waals surface area contributed by atoms with E-state index >= 15 is 0 Å². The Bertz CT molecular complexity index is 271. The summed E-state index contributed by atoms with van der Waals surface area (Å²) < 4.78 is 0. The molecule has 0 aromatic heterocycles. The van der Waals surface area contributed by atoms with Gasteiger partial charge in [-0.05, 0) is 19.9 Å². The maximum Gasteiger partial charge on any atom is 0.221 e. The summed E-state index contributed by atoms with van der Waals surface area (Å²) in [6.07, 6.45) is 2.83. The SMILES string of the molecule is CN1CCN(C2CCCNC(=O)C2)C(CN)C1. The van der Waals surface area contributed by atoms with Crippen molar-refractivity contribution in [1.82, 2.24) is 15.1 Å². The maximum atomic E-state index is 11.6. The van der Waals surface area contributed by atoms with E-state index in [0.29, 0.717) is 25.0 Å². The molecule has 0 radical (unpaired) electrons. The summed E-state index contributed by atoms with van der Waals surface area (Å²) in [6.45, 7) is 4.65. The lowest BCUT2D eigenvalue weighted by Gasteiger charge is -2.43. The summed E-state index contributed by atoms with van der Waals surface area (Å²) in [7, 11) is 2.14. The lowest BCUT2D eigenvalue weighted by molar-refractivity contribution is -0.122. The summed E-state index contributed by atoms with van der Waals surface area (Å²) >= 11 is 0. The Morgan fingerprint density at radius 2 is 2.29 bits per heavy atom. The van der Waals surface area contributed by atoms with Crippen LogP contribution >= 0.6 is 0 Å². The average Bonchev–Trinajstić information content (AvgIpc) is 2.53. The van der Waals surface area contributed by atoms with E-state index < -0.39 is 0 Å². The second kappa shape index (κ2) is 5.80. The number of hydrogen-bond acceptors (Lipinski definition) is 4. The third-order valence-corrected chi connectivity index (χ3v) is 3.93.